The van der Waals surface area contributed by atoms with Gasteiger partial charge in [-0.15, -0.1) is 0 Å². The topological polar surface area (TPSA) is 138 Å². The maximum atomic E-state index is 11.4. The van der Waals surface area contributed by atoms with E-state index >= 15 is 0 Å². The van der Waals surface area contributed by atoms with Crippen molar-refractivity contribution in [3.8, 4) is 0 Å². The van der Waals surface area contributed by atoms with Gasteiger partial charge in [0.25, 0.3) is 5.91 Å². The second-order valence-electron chi connectivity index (χ2n) is 3.40. The number of nitrogens with one attached hydrogen (secondary N) is 1. The summed E-state index contributed by atoms with van der Waals surface area (Å²) in [5.74, 6) is -2.43. The number of hydrogen-bond donors (Lipinski definition) is 1. The third kappa shape index (κ3) is 3.19. The Morgan fingerprint density at radius 2 is 2.20 bits per heavy atom. The zero-order chi connectivity index (χ0) is 14.5. The summed E-state index contributed by atoms with van der Waals surface area (Å²) in [5, 5.41) is 16.1. The number of rotatable bonds is 5. The molecule has 2 aromatic heterocycles. The average molecular weight is 281 g/mol. The van der Waals surface area contributed by atoms with Crippen molar-refractivity contribution >= 4 is 23.6 Å². The van der Waals surface area contributed by atoms with Gasteiger partial charge >= 0.3 is 11.9 Å². The number of carbonyl (C=O) groups is 2. The van der Waals surface area contributed by atoms with E-state index in [-0.39, 0.29) is 11.6 Å². The molecule has 0 saturated heterocycles. The monoisotopic (exact) mass is 281 g/mol. The maximum Gasteiger partial charge on any atom is 0.433 e. The summed E-state index contributed by atoms with van der Waals surface area (Å²) in [7, 11) is 0. The molecule has 0 unspecified atom stereocenters. The van der Waals surface area contributed by atoms with E-state index in [1.165, 1.54) is 12.3 Å². The van der Waals surface area contributed by atoms with Gasteiger partial charge in [-0.05, 0) is 6.07 Å². The molecule has 1 amide bonds. The molecular formula is C10H7N3O7. The van der Waals surface area contributed by atoms with Crippen molar-refractivity contribution in [2.24, 2.45) is 0 Å². The van der Waals surface area contributed by atoms with Crippen LogP contribution in [-0.2, 0) is 9.53 Å². The van der Waals surface area contributed by atoms with Gasteiger partial charge in [-0.25, -0.2) is 4.79 Å². The number of furan rings is 1. The van der Waals surface area contributed by atoms with Crippen molar-refractivity contribution in [2.75, 3.05) is 11.9 Å². The van der Waals surface area contributed by atoms with Crippen LogP contribution in [0.15, 0.2) is 33.4 Å². The molecule has 0 spiro atoms. The van der Waals surface area contributed by atoms with E-state index in [4.69, 9.17) is 0 Å². The number of aromatic nitrogens is 1. The molecule has 0 saturated carbocycles. The lowest BCUT2D eigenvalue weighted by Gasteiger charge is -2.02. The Morgan fingerprint density at radius 1 is 1.40 bits per heavy atom. The summed E-state index contributed by atoms with van der Waals surface area (Å²) in [6.45, 7) is -0.597. The summed E-state index contributed by atoms with van der Waals surface area (Å²) in [5.41, 5.74) is 0. The van der Waals surface area contributed by atoms with Crippen LogP contribution in [0.25, 0.3) is 0 Å². The molecule has 0 aliphatic heterocycles. The highest BCUT2D eigenvalue weighted by Gasteiger charge is 2.19. The molecule has 10 heteroatoms. The standard InChI is InChI=1S/C10H7N3O7/c14-8(11-7-3-4-19-12-7)5-18-10(15)6-1-2-9(20-6)13(16)17/h1-4H,5H2,(H,11,12,14). The number of esters is 1. The van der Waals surface area contributed by atoms with Crippen molar-refractivity contribution in [3.63, 3.8) is 0 Å². The van der Waals surface area contributed by atoms with E-state index in [2.05, 4.69) is 24.2 Å². The Balaban J connectivity index is 1.85. The van der Waals surface area contributed by atoms with Gasteiger partial charge in [0, 0.05) is 6.07 Å². The lowest BCUT2D eigenvalue weighted by molar-refractivity contribution is -0.402. The highest BCUT2D eigenvalue weighted by Crippen LogP contribution is 2.16. The van der Waals surface area contributed by atoms with Crippen LogP contribution < -0.4 is 5.32 Å². The van der Waals surface area contributed by atoms with Crippen molar-refractivity contribution in [2.45, 2.75) is 0 Å². The highest BCUT2D eigenvalue weighted by atomic mass is 16.7. The van der Waals surface area contributed by atoms with Crippen molar-refractivity contribution in [3.05, 3.63) is 40.3 Å². The molecule has 0 aliphatic carbocycles. The zero-order valence-electron chi connectivity index (χ0n) is 9.77. The minimum absolute atomic E-state index is 0.166. The van der Waals surface area contributed by atoms with E-state index < -0.39 is 29.3 Å². The number of nitro groups is 1. The minimum Gasteiger partial charge on any atom is -0.450 e. The van der Waals surface area contributed by atoms with Crippen molar-refractivity contribution in [1.29, 1.82) is 0 Å². The van der Waals surface area contributed by atoms with Crippen molar-refractivity contribution < 1.29 is 28.2 Å². The fourth-order valence-corrected chi connectivity index (χ4v) is 1.19. The van der Waals surface area contributed by atoms with Gasteiger partial charge in [0.1, 0.15) is 11.2 Å². The summed E-state index contributed by atoms with van der Waals surface area (Å²) >= 11 is 0. The Kier molecular flexibility index (Phi) is 3.75. The van der Waals surface area contributed by atoms with Gasteiger partial charge in [-0.1, -0.05) is 5.16 Å². The van der Waals surface area contributed by atoms with Crippen LogP contribution in [0.3, 0.4) is 0 Å². The Morgan fingerprint density at radius 3 is 2.80 bits per heavy atom. The SMILES string of the molecule is O=C(COC(=O)c1ccc([N+](=O)[O-])o1)Nc1ccon1. The third-order valence-corrected chi connectivity index (χ3v) is 2.01. The van der Waals surface area contributed by atoms with Gasteiger partial charge in [0.15, 0.2) is 12.4 Å². The lowest BCUT2D eigenvalue weighted by Crippen LogP contribution is -2.20. The molecule has 0 fully saturated rings. The van der Waals surface area contributed by atoms with E-state index in [1.54, 1.807) is 0 Å². The molecule has 2 heterocycles. The summed E-state index contributed by atoms with van der Waals surface area (Å²) in [6, 6.07) is 3.48. The van der Waals surface area contributed by atoms with Gasteiger partial charge in [-0.3, -0.25) is 14.9 Å². The number of ether oxygens (including phenoxy) is 1. The van der Waals surface area contributed by atoms with Gasteiger partial charge in [-0.2, -0.15) is 0 Å². The lowest BCUT2D eigenvalue weighted by atomic mass is 10.4. The van der Waals surface area contributed by atoms with E-state index in [9.17, 15) is 19.7 Å². The normalized spacial score (nSPS) is 10.0. The summed E-state index contributed by atoms with van der Waals surface area (Å²) in [4.78, 5) is 32.3. The van der Waals surface area contributed by atoms with Crippen LogP contribution in [-0.4, -0.2) is 28.6 Å². The fraction of sp³-hybridized carbons (Fsp3) is 0.100. The molecule has 0 atom stereocenters. The van der Waals surface area contributed by atoms with Crippen LogP contribution in [0.1, 0.15) is 10.6 Å². The first kappa shape index (κ1) is 13.3. The van der Waals surface area contributed by atoms with Crippen molar-refractivity contribution in [1.82, 2.24) is 5.16 Å². The minimum atomic E-state index is -0.992. The third-order valence-electron chi connectivity index (χ3n) is 2.01. The maximum absolute atomic E-state index is 11.4. The molecule has 0 aromatic carbocycles. The molecule has 1 N–H and O–H groups in total. The fourth-order valence-electron chi connectivity index (χ4n) is 1.19. The molecule has 10 nitrogen and oxygen atoms in total. The van der Waals surface area contributed by atoms with Crippen LogP contribution in [0, 0.1) is 10.1 Å². The highest BCUT2D eigenvalue weighted by molar-refractivity contribution is 5.93. The zero-order valence-corrected chi connectivity index (χ0v) is 9.77. The molecular weight excluding hydrogens is 274 g/mol. The second-order valence-corrected chi connectivity index (χ2v) is 3.40. The number of hydrogen-bond acceptors (Lipinski definition) is 8. The predicted octanol–water partition coefficient (Wildman–Crippen LogP) is 0.971. The average Bonchev–Trinajstić information content (AvgIpc) is 3.06. The smallest absolute Gasteiger partial charge is 0.433 e. The van der Waals surface area contributed by atoms with E-state index in [0.29, 0.717) is 0 Å². The van der Waals surface area contributed by atoms with Gasteiger partial charge < -0.3 is 19.0 Å². The van der Waals surface area contributed by atoms with E-state index in [0.717, 1.165) is 12.1 Å². The number of nitrogens with zero attached hydrogens (tertiary/aromatic N) is 2. The van der Waals surface area contributed by atoms with Gasteiger partial charge in [0.05, 0.1) is 6.07 Å². The Bertz CT molecular complexity index is 631. The van der Waals surface area contributed by atoms with Crippen LogP contribution in [0.2, 0.25) is 0 Å². The van der Waals surface area contributed by atoms with Crippen LogP contribution >= 0.6 is 0 Å². The molecule has 0 aliphatic rings. The Hall–Kier alpha value is -3.17. The number of carbonyl (C=O) groups excluding carboxylic acids is 2. The quantitative estimate of drug-likeness (QED) is 0.486. The first-order valence-corrected chi connectivity index (χ1v) is 5.18. The molecule has 2 aromatic rings. The van der Waals surface area contributed by atoms with Crippen LogP contribution in [0.4, 0.5) is 11.7 Å². The van der Waals surface area contributed by atoms with Crippen LogP contribution in [0.5, 0.6) is 0 Å². The molecule has 104 valence electrons. The Labute approximate surface area is 110 Å². The second kappa shape index (κ2) is 5.65. The first-order valence-electron chi connectivity index (χ1n) is 5.18. The molecule has 0 bridgehead atoms. The number of anilines is 1. The first-order chi connectivity index (χ1) is 9.56. The number of amides is 1. The largest absolute Gasteiger partial charge is 0.450 e. The molecule has 2 rings (SSSR count). The summed E-state index contributed by atoms with van der Waals surface area (Å²) < 4.78 is 13.7. The molecule has 0 radical (unpaired) electrons. The molecule has 20 heavy (non-hydrogen) atoms. The predicted molar refractivity (Wildman–Crippen MR) is 60.8 cm³/mol. The van der Waals surface area contributed by atoms with E-state index in [1.807, 2.05) is 0 Å². The van der Waals surface area contributed by atoms with Gasteiger partial charge in [0.2, 0.25) is 5.76 Å². The summed E-state index contributed by atoms with van der Waals surface area (Å²) in [6.07, 6.45) is 1.25.